The molecule has 4 nitrogen and oxygen atoms in total. The summed E-state index contributed by atoms with van der Waals surface area (Å²) in [5, 5.41) is 0.694. The molecule has 0 fully saturated rings. The lowest BCUT2D eigenvalue weighted by atomic mass is 9.80. The number of anilines is 1. The van der Waals surface area contributed by atoms with Crippen molar-refractivity contribution in [2.75, 3.05) is 39.2 Å². The molecule has 2 aromatic rings. The van der Waals surface area contributed by atoms with Gasteiger partial charge in [-0.25, -0.2) is 0 Å². The van der Waals surface area contributed by atoms with Crippen LogP contribution in [0.3, 0.4) is 0 Å². The number of nitrogens with zero attached hydrogens (tertiary/aromatic N) is 2. The second-order valence-electron chi connectivity index (χ2n) is 7.78. The lowest BCUT2D eigenvalue weighted by Crippen LogP contribution is -2.41. The highest BCUT2D eigenvalue weighted by Crippen LogP contribution is 2.40. The van der Waals surface area contributed by atoms with E-state index in [1.165, 1.54) is 0 Å². The molecule has 1 amide bonds. The molecule has 0 saturated carbocycles. The number of methoxy groups -OCH3 is 1. The zero-order valence-electron chi connectivity index (χ0n) is 17.8. The van der Waals surface area contributed by atoms with Crippen LogP contribution in [0.2, 0.25) is 5.02 Å². The number of hydrogen-bond acceptors (Lipinski definition) is 3. The van der Waals surface area contributed by atoms with Crippen LogP contribution in [-0.2, 0) is 11.2 Å². The van der Waals surface area contributed by atoms with Crippen LogP contribution in [0, 0.1) is 5.92 Å². The van der Waals surface area contributed by atoms with Gasteiger partial charge >= 0.3 is 0 Å². The minimum Gasteiger partial charge on any atom is -0.497 e. The van der Waals surface area contributed by atoms with E-state index in [2.05, 4.69) is 23.6 Å². The van der Waals surface area contributed by atoms with Gasteiger partial charge in [-0.05, 0) is 74.3 Å². The van der Waals surface area contributed by atoms with Crippen LogP contribution >= 0.6 is 24.0 Å². The predicted octanol–water partition coefficient (Wildman–Crippen LogP) is 5.20. The molecule has 0 aromatic heterocycles. The topological polar surface area (TPSA) is 32.8 Å². The van der Waals surface area contributed by atoms with Crippen molar-refractivity contribution in [3.63, 3.8) is 0 Å². The van der Waals surface area contributed by atoms with Crippen molar-refractivity contribution in [1.82, 2.24) is 4.90 Å². The summed E-state index contributed by atoms with van der Waals surface area (Å²) >= 11 is 6.33. The largest absolute Gasteiger partial charge is 0.497 e. The number of likely N-dealkylation sites (N-methyl/N-ethyl adjacent to an activating group) is 1. The molecule has 0 unspecified atom stereocenters. The average molecular weight is 449 g/mol. The Morgan fingerprint density at radius 1 is 1.23 bits per heavy atom. The molecule has 1 aliphatic heterocycles. The predicted molar refractivity (Wildman–Crippen MR) is 127 cm³/mol. The highest BCUT2D eigenvalue weighted by Gasteiger charge is 2.37. The smallest absolute Gasteiger partial charge is 0.231 e. The standard InChI is InChI=1S/C24H29ClN2O2.ClH/c1-5-6-21-22(17-7-10-20(29-4)11-8-17)16-18-15-19(25)9-12-23(18)27(24(21)28)14-13-26(2)3;/h5,7-12,15,21-22H,1,6,13-14,16H2,2-4H3;1H/t21-,22+;/m0./s1. The molecule has 6 heteroatoms. The summed E-state index contributed by atoms with van der Waals surface area (Å²) < 4.78 is 5.31. The van der Waals surface area contributed by atoms with Crippen LogP contribution in [0.4, 0.5) is 5.69 Å². The third kappa shape index (κ3) is 5.37. The maximum absolute atomic E-state index is 13.7. The first-order valence-electron chi connectivity index (χ1n) is 9.94. The number of halogens is 2. The molecule has 0 bridgehead atoms. The van der Waals surface area contributed by atoms with E-state index in [1.807, 2.05) is 55.4 Å². The number of amides is 1. The number of benzene rings is 2. The number of hydrogen-bond donors (Lipinski definition) is 0. The van der Waals surface area contributed by atoms with Crippen molar-refractivity contribution in [2.24, 2.45) is 5.92 Å². The van der Waals surface area contributed by atoms with Gasteiger partial charge in [0.1, 0.15) is 5.75 Å². The third-order valence-corrected chi connectivity index (χ3v) is 5.81. The van der Waals surface area contributed by atoms with Crippen molar-refractivity contribution >= 4 is 35.6 Å². The van der Waals surface area contributed by atoms with Crippen molar-refractivity contribution in [3.8, 4) is 5.75 Å². The van der Waals surface area contributed by atoms with E-state index < -0.39 is 0 Å². The Morgan fingerprint density at radius 2 is 1.93 bits per heavy atom. The molecule has 2 atom stereocenters. The van der Waals surface area contributed by atoms with Crippen LogP contribution in [-0.4, -0.2) is 45.1 Å². The molecular formula is C24H30Cl2N2O2. The molecule has 3 rings (SSSR count). The summed E-state index contributed by atoms with van der Waals surface area (Å²) in [6.45, 7) is 5.35. The minimum atomic E-state index is -0.172. The van der Waals surface area contributed by atoms with E-state index in [9.17, 15) is 4.79 Å². The maximum atomic E-state index is 13.7. The van der Waals surface area contributed by atoms with Gasteiger partial charge in [0, 0.05) is 29.7 Å². The van der Waals surface area contributed by atoms with Gasteiger partial charge in [0.2, 0.25) is 5.91 Å². The second kappa shape index (κ2) is 10.9. The number of allylic oxidation sites excluding steroid dienone is 1. The Kier molecular flexibility index (Phi) is 8.78. The van der Waals surface area contributed by atoms with E-state index in [0.717, 1.165) is 35.5 Å². The Bertz CT molecular complexity index is 868. The maximum Gasteiger partial charge on any atom is 0.231 e. The van der Waals surface area contributed by atoms with Crippen LogP contribution in [0.15, 0.2) is 55.1 Å². The average Bonchev–Trinajstić information content (AvgIpc) is 2.81. The van der Waals surface area contributed by atoms with E-state index in [4.69, 9.17) is 16.3 Å². The summed E-state index contributed by atoms with van der Waals surface area (Å²) in [7, 11) is 5.70. The van der Waals surface area contributed by atoms with E-state index in [1.54, 1.807) is 7.11 Å². The summed E-state index contributed by atoms with van der Waals surface area (Å²) in [4.78, 5) is 17.7. The number of ether oxygens (including phenoxy) is 1. The number of rotatable bonds is 7. The first kappa shape index (κ1) is 24.3. The molecule has 1 heterocycles. The van der Waals surface area contributed by atoms with Gasteiger partial charge in [-0.3, -0.25) is 4.79 Å². The van der Waals surface area contributed by atoms with Gasteiger partial charge in [-0.1, -0.05) is 29.8 Å². The fourth-order valence-corrected chi connectivity index (χ4v) is 4.22. The minimum absolute atomic E-state index is 0. The van der Waals surface area contributed by atoms with Crippen LogP contribution < -0.4 is 9.64 Å². The van der Waals surface area contributed by atoms with Crippen molar-refractivity contribution in [1.29, 1.82) is 0 Å². The normalized spacial score (nSPS) is 18.4. The molecule has 162 valence electrons. The summed E-state index contributed by atoms with van der Waals surface area (Å²) in [6.07, 6.45) is 3.24. The molecule has 0 spiro atoms. The quantitative estimate of drug-likeness (QED) is 0.545. The van der Waals surface area contributed by atoms with Crippen LogP contribution in [0.25, 0.3) is 0 Å². The van der Waals surface area contributed by atoms with Crippen molar-refractivity contribution < 1.29 is 9.53 Å². The zero-order chi connectivity index (χ0) is 21.0. The Balaban J connectivity index is 0.00000320. The molecule has 2 aromatic carbocycles. The second-order valence-corrected chi connectivity index (χ2v) is 8.22. The fraction of sp³-hybridized carbons (Fsp3) is 0.375. The monoisotopic (exact) mass is 448 g/mol. The van der Waals surface area contributed by atoms with Gasteiger partial charge in [-0.2, -0.15) is 0 Å². The van der Waals surface area contributed by atoms with Gasteiger partial charge in [-0.15, -0.1) is 19.0 Å². The Hall–Kier alpha value is -2.01. The first-order chi connectivity index (χ1) is 13.9. The van der Waals surface area contributed by atoms with Gasteiger partial charge in [0.25, 0.3) is 0 Å². The molecule has 0 radical (unpaired) electrons. The lowest BCUT2D eigenvalue weighted by molar-refractivity contribution is -0.122. The van der Waals surface area contributed by atoms with Crippen LogP contribution in [0.5, 0.6) is 5.75 Å². The SMILES string of the molecule is C=CC[C@@H]1C(=O)N(CCN(C)C)c2ccc(Cl)cc2C[C@@H]1c1ccc(OC)cc1.Cl. The molecule has 1 aliphatic rings. The summed E-state index contributed by atoms with van der Waals surface area (Å²) in [5.74, 6) is 0.834. The van der Waals surface area contributed by atoms with Gasteiger partial charge < -0.3 is 14.5 Å². The van der Waals surface area contributed by atoms with E-state index in [0.29, 0.717) is 18.0 Å². The fourth-order valence-electron chi connectivity index (χ4n) is 4.03. The first-order valence-corrected chi connectivity index (χ1v) is 10.3. The van der Waals surface area contributed by atoms with Gasteiger partial charge in [0.15, 0.2) is 0 Å². The van der Waals surface area contributed by atoms with Crippen LogP contribution in [0.1, 0.15) is 23.5 Å². The lowest BCUT2D eigenvalue weighted by Gasteiger charge is -2.29. The molecule has 30 heavy (non-hydrogen) atoms. The van der Waals surface area contributed by atoms with E-state index >= 15 is 0 Å². The highest BCUT2D eigenvalue weighted by molar-refractivity contribution is 6.30. The number of carbonyl (C=O) groups excluding carboxylic acids is 1. The van der Waals surface area contributed by atoms with Crippen molar-refractivity contribution in [3.05, 3.63) is 71.3 Å². The number of fused-ring (bicyclic) bond motifs is 1. The molecule has 0 N–H and O–H groups in total. The molecule has 0 aliphatic carbocycles. The zero-order valence-corrected chi connectivity index (χ0v) is 19.4. The highest BCUT2D eigenvalue weighted by atomic mass is 35.5. The van der Waals surface area contributed by atoms with E-state index in [-0.39, 0.29) is 30.2 Å². The number of carbonyl (C=O) groups is 1. The third-order valence-electron chi connectivity index (χ3n) is 5.58. The summed E-state index contributed by atoms with van der Waals surface area (Å²) in [6, 6.07) is 13.9. The van der Waals surface area contributed by atoms with Gasteiger partial charge in [0.05, 0.1) is 7.11 Å². The summed E-state index contributed by atoms with van der Waals surface area (Å²) in [5.41, 5.74) is 3.20. The molecule has 0 saturated heterocycles. The Morgan fingerprint density at radius 3 is 2.53 bits per heavy atom. The molecular weight excluding hydrogens is 419 g/mol. The Labute approximate surface area is 190 Å². The van der Waals surface area contributed by atoms with Crippen molar-refractivity contribution in [2.45, 2.75) is 18.8 Å².